The zero-order valence-corrected chi connectivity index (χ0v) is 12.1. The maximum Gasteiger partial charge on any atom is 0.269 e. The molecule has 0 aliphatic rings. The molecule has 6 heteroatoms. The highest BCUT2D eigenvalue weighted by atomic mass is 32.1. The molecule has 0 amide bonds. The van der Waals surface area contributed by atoms with Crippen molar-refractivity contribution < 1.29 is 4.92 Å². The van der Waals surface area contributed by atoms with Crippen LogP contribution in [-0.4, -0.2) is 4.92 Å². The molecular formula is C14H12N2O2S2. The highest BCUT2D eigenvalue weighted by Crippen LogP contribution is 2.33. The van der Waals surface area contributed by atoms with E-state index in [9.17, 15) is 10.1 Å². The van der Waals surface area contributed by atoms with Gasteiger partial charge >= 0.3 is 0 Å². The predicted molar refractivity (Wildman–Crippen MR) is 83.4 cm³/mol. The highest BCUT2D eigenvalue weighted by molar-refractivity contribution is 7.26. The Hall–Kier alpha value is -1.76. The molecular weight excluding hydrogens is 292 g/mol. The van der Waals surface area contributed by atoms with E-state index in [1.807, 2.05) is 0 Å². The van der Waals surface area contributed by atoms with E-state index in [2.05, 4.69) is 17.5 Å². The molecule has 102 valence electrons. The van der Waals surface area contributed by atoms with Crippen molar-refractivity contribution in [2.45, 2.75) is 12.5 Å². The second-order valence-electron chi connectivity index (χ2n) is 4.53. The Bertz CT molecular complexity index is 717. The summed E-state index contributed by atoms with van der Waals surface area (Å²) in [5.74, 6) is 0. The number of thiophene rings is 2. The van der Waals surface area contributed by atoms with Gasteiger partial charge in [-0.1, -0.05) is 12.1 Å². The average Bonchev–Trinajstić information content (AvgIpc) is 2.99. The number of fused-ring (bicyclic) bond motifs is 1. The van der Waals surface area contributed by atoms with Gasteiger partial charge in [0.2, 0.25) is 0 Å². The first-order chi connectivity index (χ1) is 9.63. The third kappa shape index (κ3) is 2.58. The van der Waals surface area contributed by atoms with Crippen LogP contribution in [0.5, 0.6) is 0 Å². The Balaban J connectivity index is 1.76. The van der Waals surface area contributed by atoms with Crippen LogP contribution in [-0.2, 0) is 6.42 Å². The number of non-ortho nitro benzene ring substituents is 1. The van der Waals surface area contributed by atoms with Gasteiger partial charge in [0, 0.05) is 32.5 Å². The van der Waals surface area contributed by atoms with Gasteiger partial charge < -0.3 is 5.73 Å². The van der Waals surface area contributed by atoms with Crippen LogP contribution in [0.4, 0.5) is 5.69 Å². The fourth-order valence-electron chi connectivity index (χ4n) is 2.08. The summed E-state index contributed by atoms with van der Waals surface area (Å²) in [7, 11) is 0. The van der Waals surface area contributed by atoms with Gasteiger partial charge in [0.05, 0.1) is 4.92 Å². The fraction of sp³-hybridized carbons (Fsp3) is 0.143. The van der Waals surface area contributed by atoms with E-state index in [1.54, 1.807) is 34.8 Å². The number of nitro groups is 1. The minimum absolute atomic E-state index is 0.0685. The SMILES string of the molecule is NC(Cc1ccc([N+](=O)[O-])cc1)c1cc2sccc2s1. The van der Waals surface area contributed by atoms with E-state index in [0.717, 1.165) is 10.4 Å². The number of rotatable bonds is 4. The minimum Gasteiger partial charge on any atom is -0.323 e. The summed E-state index contributed by atoms with van der Waals surface area (Å²) < 4.78 is 2.54. The van der Waals surface area contributed by atoms with E-state index in [4.69, 9.17) is 5.73 Å². The highest BCUT2D eigenvalue weighted by Gasteiger charge is 2.12. The van der Waals surface area contributed by atoms with Crippen molar-refractivity contribution in [1.29, 1.82) is 0 Å². The lowest BCUT2D eigenvalue weighted by molar-refractivity contribution is -0.384. The van der Waals surface area contributed by atoms with Gasteiger partial charge in [-0.05, 0) is 29.5 Å². The molecule has 2 N–H and O–H groups in total. The van der Waals surface area contributed by atoms with Crippen molar-refractivity contribution in [3.05, 3.63) is 62.3 Å². The lowest BCUT2D eigenvalue weighted by atomic mass is 10.1. The molecule has 0 radical (unpaired) electrons. The van der Waals surface area contributed by atoms with Crippen molar-refractivity contribution >= 4 is 37.8 Å². The maximum atomic E-state index is 10.6. The third-order valence-corrected chi connectivity index (χ3v) is 5.35. The topological polar surface area (TPSA) is 69.2 Å². The zero-order valence-electron chi connectivity index (χ0n) is 10.5. The number of nitro benzene ring substituents is 1. The van der Waals surface area contributed by atoms with Crippen LogP contribution in [0.25, 0.3) is 9.40 Å². The van der Waals surface area contributed by atoms with E-state index in [1.165, 1.54) is 21.5 Å². The van der Waals surface area contributed by atoms with E-state index in [0.29, 0.717) is 6.42 Å². The minimum atomic E-state index is -0.392. The van der Waals surface area contributed by atoms with Crippen molar-refractivity contribution in [3.63, 3.8) is 0 Å². The summed E-state index contributed by atoms with van der Waals surface area (Å²) in [6.07, 6.45) is 0.686. The molecule has 3 aromatic rings. The Labute approximate surface area is 123 Å². The van der Waals surface area contributed by atoms with Crippen LogP contribution in [0.2, 0.25) is 0 Å². The largest absolute Gasteiger partial charge is 0.323 e. The molecule has 0 saturated carbocycles. The van der Waals surface area contributed by atoms with E-state index < -0.39 is 4.92 Å². The number of hydrogen-bond acceptors (Lipinski definition) is 5. The smallest absolute Gasteiger partial charge is 0.269 e. The normalized spacial score (nSPS) is 12.7. The maximum absolute atomic E-state index is 10.6. The van der Waals surface area contributed by atoms with Crippen LogP contribution >= 0.6 is 22.7 Å². The van der Waals surface area contributed by atoms with Gasteiger partial charge in [0.25, 0.3) is 5.69 Å². The monoisotopic (exact) mass is 304 g/mol. The summed E-state index contributed by atoms with van der Waals surface area (Å²) in [6.45, 7) is 0. The third-order valence-electron chi connectivity index (χ3n) is 3.13. The molecule has 2 aromatic heterocycles. The summed E-state index contributed by atoms with van der Waals surface area (Å²) in [5, 5.41) is 12.7. The first kappa shape index (κ1) is 13.2. The summed E-state index contributed by atoms with van der Waals surface area (Å²) in [4.78, 5) is 11.4. The molecule has 1 atom stereocenters. The average molecular weight is 304 g/mol. The molecule has 2 heterocycles. The molecule has 0 saturated heterocycles. The van der Waals surface area contributed by atoms with Crippen molar-refractivity contribution in [2.75, 3.05) is 0 Å². The first-order valence-corrected chi connectivity index (χ1v) is 7.79. The summed E-state index contributed by atoms with van der Waals surface area (Å²) >= 11 is 3.43. The van der Waals surface area contributed by atoms with Crippen LogP contribution in [0, 0.1) is 10.1 Å². The Kier molecular flexibility index (Phi) is 3.52. The van der Waals surface area contributed by atoms with Gasteiger partial charge in [-0.2, -0.15) is 0 Å². The molecule has 0 aliphatic carbocycles. The Morgan fingerprint density at radius 1 is 1.20 bits per heavy atom. The van der Waals surface area contributed by atoms with Gasteiger partial charge in [0.15, 0.2) is 0 Å². The molecule has 3 rings (SSSR count). The second-order valence-corrected chi connectivity index (χ2v) is 6.60. The number of hydrogen-bond donors (Lipinski definition) is 1. The molecule has 1 unspecified atom stereocenters. The van der Waals surface area contributed by atoms with Gasteiger partial charge in [0.1, 0.15) is 0 Å². The van der Waals surface area contributed by atoms with Gasteiger partial charge in [-0.25, -0.2) is 0 Å². The van der Waals surface area contributed by atoms with Crippen LogP contribution in [0.3, 0.4) is 0 Å². The molecule has 0 bridgehead atoms. The lowest BCUT2D eigenvalue weighted by Crippen LogP contribution is -2.11. The quantitative estimate of drug-likeness (QED) is 0.582. The number of benzene rings is 1. The van der Waals surface area contributed by atoms with Crippen LogP contribution < -0.4 is 5.73 Å². The molecule has 0 fully saturated rings. The molecule has 1 aromatic carbocycles. The van der Waals surface area contributed by atoms with Gasteiger partial charge in [-0.15, -0.1) is 22.7 Å². The molecule has 4 nitrogen and oxygen atoms in total. The van der Waals surface area contributed by atoms with Crippen LogP contribution in [0.1, 0.15) is 16.5 Å². The molecule has 0 spiro atoms. The van der Waals surface area contributed by atoms with Crippen LogP contribution in [0.15, 0.2) is 41.8 Å². The fourth-order valence-corrected chi connectivity index (χ4v) is 4.20. The van der Waals surface area contributed by atoms with E-state index >= 15 is 0 Å². The zero-order chi connectivity index (χ0) is 14.1. The standard InChI is InChI=1S/C14H12N2O2S2/c15-11(13-8-14-12(20-13)5-6-19-14)7-9-1-3-10(4-2-9)16(17)18/h1-6,8,11H,7,15H2. The molecule has 0 aliphatic heterocycles. The second kappa shape index (κ2) is 5.32. The first-order valence-electron chi connectivity index (χ1n) is 6.09. The Morgan fingerprint density at radius 2 is 1.95 bits per heavy atom. The lowest BCUT2D eigenvalue weighted by Gasteiger charge is -2.09. The predicted octanol–water partition coefficient (Wildman–Crippen LogP) is 4.11. The van der Waals surface area contributed by atoms with Crippen molar-refractivity contribution in [1.82, 2.24) is 0 Å². The molecule has 20 heavy (non-hydrogen) atoms. The van der Waals surface area contributed by atoms with E-state index in [-0.39, 0.29) is 11.7 Å². The summed E-state index contributed by atoms with van der Waals surface area (Å²) in [5.41, 5.74) is 7.35. The van der Waals surface area contributed by atoms with Crippen molar-refractivity contribution in [2.24, 2.45) is 5.73 Å². The summed E-state index contributed by atoms with van der Waals surface area (Å²) in [6, 6.07) is 10.8. The number of nitrogens with two attached hydrogens (primary N) is 1. The van der Waals surface area contributed by atoms with Crippen molar-refractivity contribution in [3.8, 4) is 0 Å². The van der Waals surface area contributed by atoms with Gasteiger partial charge in [-0.3, -0.25) is 10.1 Å². The number of nitrogens with zero attached hydrogens (tertiary/aromatic N) is 1. The Morgan fingerprint density at radius 3 is 2.60 bits per heavy atom.